The summed E-state index contributed by atoms with van der Waals surface area (Å²) in [7, 11) is 0. The maximum absolute atomic E-state index is 13.0. The zero-order valence-electron chi connectivity index (χ0n) is 17.1. The van der Waals surface area contributed by atoms with Crippen molar-refractivity contribution >= 4 is 0 Å². The number of hydrogen-bond acceptors (Lipinski definition) is 2. The van der Waals surface area contributed by atoms with Gasteiger partial charge in [0.1, 0.15) is 0 Å². The van der Waals surface area contributed by atoms with Crippen molar-refractivity contribution in [3.8, 4) is 0 Å². The molecule has 0 spiro atoms. The van der Waals surface area contributed by atoms with E-state index < -0.39 is 0 Å². The summed E-state index contributed by atoms with van der Waals surface area (Å²) in [5.74, 6) is 0.408. The van der Waals surface area contributed by atoms with Crippen LogP contribution in [0.15, 0.2) is 30.3 Å². The minimum atomic E-state index is -0.203. The van der Waals surface area contributed by atoms with Gasteiger partial charge in [0.15, 0.2) is 0 Å². The molecule has 0 unspecified atom stereocenters. The van der Waals surface area contributed by atoms with Gasteiger partial charge >= 0.3 is 0 Å². The lowest BCUT2D eigenvalue weighted by Gasteiger charge is -2.26. The van der Waals surface area contributed by atoms with Crippen molar-refractivity contribution in [2.45, 2.75) is 40.7 Å². The molecule has 0 amide bonds. The summed E-state index contributed by atoms with van der Waals surface area (Å²) in [6, 6.07) is 10.9. The van der Waals surface area contributed by atoms with Crippen molar-refractivity contribution in [3.05, 3.63) is 35.9 Å². The third-order valence-electron chi connectivity index (χ3n) is 6.45. The molecule has 0 aliphatic carbocycles. The monoisotopic (exact) mass is 366 g/mol. The van der Waals surface area contributed by atoms with Gasteiger partial charge in [-0.15, -0.1) is 0 Å². The van der Waals surface area contributed by atoms with Gasteiger partial charge in [-0.1, -0.05) is 58.0 Å². The van der Waals surface area contributed by atoms with E-state index in [0.29, 0.717) is 6.04 Å². The van der Waals surface area contributed by atoms with Crippen LogP contribution in [-0.4, -0.2) is 44.4 Å². The molecule has 2 aliphatic rings. The van der Waals surface area contributed by atoms with Gasteiger partial charge in [0.25, 0.3) is 0 Å². The van der Waals surface area contributed by atoms with Gasteiger partial charge in [-0.05, 0) is 23.3 Å². The summed E-state index contributed by atoms with van der Waals surface area (Å²) in [6.45, 7) is 14.1. The Balaban J connectivity index is 0.000000228. The van der Waals surface area contributed by atoms with Crippen LogP contribution in [-0.2, 0) is 0 Å². The number of halogens is 2. The molecule has 1 aromatic rings. The van der Waals surface area contributed by atoms with Crippen LogP contribution in [0.1, 0.15) is 46.2 Å². The first-order valence-electron chi connectivity index (χ1n) is 9.83. The Bertz CT molecular complexity index is 544. The molecule has 1 aromatic carbocycles. The van der Waals surface area contributed by atoms with E-state index in [1.165, 1.54) is 5.56 Å². The minimum Gasteiger partial charge on any atom is -0.316 e. The zero-order valence-corrected chi connectivity index (χ0v) is 17.1. The van der Waals surface area contributed by atoms with E-state index in [0.717, 1.165) is 26.2 Å². The van der Waals surface area contributed by atoms with Crippen molar-refractivity contribution in [1.82, 2.24) is 10.2 Å². The van der Waals surface area contributed by atoms with E-state index in [1.54, 1.807) is 0 Å². The quantitative estimate of drug-likeness (QED) is 0.817. The second-order valence-corrected chi connectivity index (χ2v) is 9.33. The standard InChI is InChI=1S/C15H22FN.C7H14FN/c1-12(13-7-5-4-6-8-13)17-10-14(9-16)15(2,3)11-17;1-7(2)5-9-4-6(7)3-8/h4-8,12,14H,9-11H2,1-3H3;6,9H,3-5H2,1-2H3/t12-,14+;6-/m10/s1. The Hall–Kier alpha value is -1.00. The van der Waals surface area contributed by atoms with Gasteiger partial charge in [-0.3, -0.25) is 13.7 Å². The van der Waals surface area contributed by atoms with Crippen LogP contribution in [0, 0.1) is 22.7 Å². The topological polar surface area (TPSA) is 15.3 Å². The van der Waals surface area contributed by atoms with Gasteiger partial charge in [-0.2, -0.15) is 0 Å². The van der Waals surface area contributed by atoms with E-state index in [2.05, 4.69) is 69.1 Å². The fourth-order valence-electron chi connectivity index (χ4n) is 3.99. The summed E-state index contributed by atoms with van der Waals surface area (Å²) in [5.41, 5.74) is 1.59. The first-order chi connectivity index (χ1) is 12.2. The van der Waals surface area contributed by atoms with Crippen LogP contribution in [0.3, 0.4) is 0 Å². The molecule has 4 heteroatoms. The molecule has 26 heavy (non-hydrogen) atoms. The minimum absolute atomic E-state index is 0.0950. The third kappa shape index (κ3) is 5.04. The average Bonchev–Trinajstić information content (AvgIpc) is 3.12. The van der Waals surface area contributed by atoms with E-state index in [-0.39, 0.29) is 36.0 Å². The average molecular weight is 367 g/mol. The Morgan fingerprint density at radius 2 is 1.65 bits per heavy atom. The molecule has 2 aliphatic heterocycles. The fraction of sp³-hybridized carbons (Fsp3) is 0.727. The number of hydrogen-bond donors (Lipinski definition) is 1. The molecule has 2 heterocycles. The first kappa shape index (κ1) is 21.3. The van der Waals surface area contributed by atoms with Crippen molar-refractivity contribution in [1.29, 1.82) is 0 Å². The summed E-state index contributed by atoms with van der Waals surface area (Å²) >= 11 is 0. The van der Waals surface area contributed by atoms with Crippen LogP contribution in [0.4, 0.5) is 8.78 Å². The number of nitrogens with one attached hydrogen (secondary N) is 1. The van der Waals surface area contributed by atoms with Gasteiger partial charge < -0.3 is 5.32 Å². The molecule has 3 rings (SSSR count). The zero-order chi connectivity index (χ0) is 19.4. The summed E-state index contributed by atoms with van der Waals surface area (Å²) in [5, 5.41) is 3.17. The van der Waals surface area contributed by atoms with Crippen LogP contribution in [0.5, 0.6) is 0 Å². The third-order valence-corrected chi connectivity index (χ3v) is 6.45. The molecule has 2 saturated heterocycles. The van der Waals surface area contributed by atoms with Crippen molar-refractivity contribution in [2.24, 2.45) is 22.7 Å². The SMILES string of the molecule is CC1(C)CNC[C@@H]1CF.C[C@H](c1ccccc1)N1C[C@H](CF)C(C)(C)C1. The molecular weight excluding hydrogens is 330 g/mol. The first-order valence-corrected chi connectivity index (χ1v) is 9.83. The number of likely N-dealkylation sites (tertiary alicyclic amines) is 1. The lowest BCUT2D eigenvalue weighted by molar-refractivity contribution is 0.224. The fourth-order valence-corrected chi connectivity index (χ4v) is 3.99. The van der Waals surface area contributed by atoms with Crippen LogP contribution < -0.4 is 5.32 Å². The molecule has 0 aromatic heterocycles. The molecule has 0 saturated carbocycles. The Morgan fingerprint density at radius 1 is 1.04 bits per heavy atom. The van der Waals surface area contributed by atoms with Crippen LogP contribution >= 0.6 is 0 Å². The number of nitrogens with zero attached hydrogens (tertiary/aromatic N) is 1. The second kappa shape index (κ2) is 8.79. The van der Waals surface area contributed by atoms with Gasteiger partial charge in [0.2, 0.25) is 0 Å². The van der Waals surface area contributed by atoms with E-state index in [9.17, 15) is 8.78 Å². The summed E-state index contributed by atoms with van der Waals surface area (Å²) in [4.78, 5) is 2.40. The smallest absolute Gasteiger partial charge is 0.0940 e. The Kier molecular flexibility index (Phi) is 7.20. The Morgan fingerprint density at radius 3 is 2.08 bits per heavy atom. The second-order valence-electron chi connectivity index (χ2n) is 9.33. The number of rotatable bonds is 4. The number of alkyl halides is 2. The van der Waals surface area contributed by atoms with Crippen molar-refractivity contribution in [3.63, 3.8) is 0 Å². The molecule has 2 nitrogen and oxygen atoms in total. The van der Waals surface area contributed by atoms with E-state index in [1.807, 2.05) is 6.07 Å². The highest BCUT2D eigenvalue weighted by molar-refractivity contribution is 5.19. The predicted octanol–water partition coefficient (Wildman–Crippen LogP) is 4.88. The highest BCUT2D eigenvalue weighted by Crippen LogP contribution is 2.39. The van der Waals surface area contributed by atoms with Gasteiger partial charge in [-0.25, -0.2) is 0 Å². The highest BCUT2D eigenvalue weighted by atomic mass is 19.1. The maximum atomic E-state index is 13.0. The Labute approximate surface area is 158 Å². The van der Waals surface area contributed by atoms with Crippen molar-refractivity contribution in [2.75, 3.05) is 39.5 Å². The maximum Gasteiger partial charge on any atom is 0.0940 e. The number of benzene rings is 1. The van der Waals surface area contributed by atoms with Gasteiger partial charge in [0, 0.05) is 44.1 Å². The molecule has 0 radical (unpaired) electrons. The normalized spacial score (nSPS) is 28.4. The van der Waals surface area contributed by atoms with Crippen molar-refractivity contribution < 1.29 is 8.78 Å². The molecular formula is C22H36F2N2. The summed E-state index contributed by atoms with van der Waals surface area (Å²) in [6.07, 6.45) is 0. The lowest BCUT2D eigenvalue weighted by atomic mass is 9.83. The lowest BCUT2D eigenvalue weighted by Crippen LogP contribution is -2.26. The van der Waals surface area contributed by atoms with E-state index in [4.69, 9.17) is 0 Å². The molecule has 2 fully saturated rings. The molecule has 3 atom stereocenters. The molecule has 0 bridgehead atoms. The largest absolute Gasteiger partial charge is 0.316 e. The molecule has 1 N–H and O–H groups in total. The van der Waals surface area contributed by atoms with Crippen LogP contribution in [0.2, 0.25) is 0 Å². The molecule has 148 valence electrons. The predicted molar refractivity (Wildman–Crippen MR) is 106 cm³/mol. The highest BCUT2D eigenvalue weighted by Gasteiger charge is 2.40. The van der Waals surface area contributed by atoms with Crippen LogP contribution in [0.25, 0.3) is 0 Å². The van der Waals surface area contributed by atoms with E-state index >= 15 is 0 Å². The summed E-state index contributed by atoms with van der Waals surface area (Å²) < 4.78 is 25.2. The van der Waals surface area contributed by atoms with Gasteiger partial charge in [0.05, 0.1) is 13.3 Å².